The number of nitro groups is 1. The summed E-state index contributed by atoms with van der Waals surface area (Å²) in [6.07, 6.45) is -0.0654. The summed E-state index contributed by atoms with van der Waals surface area (Å²) in [5.41, 5.74) is 2.76. The van der Waals surface area contributed by atoms with Crippen molar-refractivity contribution in [1.82, 2.24) is 9.97 Å². The second kappa shape index (κ2) is 8.62. The Kier molecular flexibility index (Phi) is 6.00. The largest absolute Gasteiger partial charge is 0.326 e. The van der Waals surface area contributed by atoms with Gasteiger partial charge in [-0.05, 0) is 55.9 Å². The third-order valence-corrected chi connectivity index (χ3v) is 4.72. The summed E-state index contributed by atoms with van der Waals surface area (Å²) < 4.78 is 0. The van der Waals surface area contributed by atoms with Crippen LogP contribution in [0.25, 0.3) is 0 Å². The Morgan fingerprint density at radius 3 is 2.36 bits per heavy atom. The van der Waals surface area contributed by atoms with Crippen LogP contribution in [0.15, 0.2) is 64.6 Å². The average molecular weight is 394 g/mol. The molecule has 3 rings (SSSR count). The summed E-state index contributed by atoms with van der Waals surface area (Å²) in [5, 5.41) is 14.5. The van der Waals surface area contributed by atoms with E-state index < -0.39 is 4.92 Å². The van der Waals surface area contributed by atoms with E-state index in [9.17, 15) is 14.9 Å². The smallest absolute Gasteiger partial charge is 0.273 e. The number of nitrogens with one attached hydrogen (secondary N) is 1. The summed E-state index contributed by atoms with van der Waals surface area (Å²) in [7, 11) is 0. The molecule has 0 saturated carbocycles. The van der Waals surface area contributed by atoms with Crippen LogP contribution < -0.4 is 5.32 Å². The first-order valence-corrected chi connectivity index (χ1v) is 9.35. The zero-order chi connectivity index (χ0) is 20.1. The van der Waals surface area contributed by atoms with Crippen LogP contribution in [0.1, 0.15) is 17.0 Å². The Morgan fingerprint density at radius 2 is 1.71 bits per heavy atom. The molecule has 8 heteroatoms. The highest BCUT2D eigenvalue weighted by Gasteiger charge is 2.15. The van der Waals surface area contributed by atoms with Crippen molar-refractivity contribution in [3.8, 4) is 0 Å². The molecule has 0 radical (unpaired) electrons. The number of amides is 1. The number of hydrogen-bond acceptors (Lipinski definition) is 6. The van der Waals surface area contributed by atoms with E-state index in [-0.39, 0.29) is 18.0 Å². The van der Waals surface area contributed by atoms with Gasteiger partial charge >= 0.3 is 0 Å². The first-order valence-electron chi connectivity index (χ1n) is 8.53. The van der Waals surface area contributed by atoms with E-state index in [1.54, 1.807) is 30.3 Å². The number of nitro benzene ring substituents is 1. The molecule has 1 aromatic heterocycles. The molecule has 142 valence electrons. The van der Waals surface area contributed by atoms with Crippen molar-refractivity contribution >= 4 is 29.0 Å². The van der Waals surface area contributed by atoms with Gasteiger partial charge in [-0.25, -0.2) is 9.97 Å². The Labute approximate surface area is 166 Å². The predicted octanol–water partition coefficient (Wildman–Crippen LogP) is 4.33. The lowest BCUT2D eigenvalue weighted by molar-refractivity contribution is -0.385. The van der Waals surface area contributed by atoms with Crippen LogP contribution in [0.3, 0.4) is 0 Å². The molecule has 2 aromatic carbocycles. The summed E-state index contributed by atoms with van der Waals surface area (Å²) in [6, 6.07) is 15.4. The van der Waals surface area contributed by atoms with E-state index in [4.69, 9.17) is 0 Å². The van der Waals surface area contributed by atoms with E-state index >= 15 is 0 Å². The predicted molar refractivity (Wildman–Crippen MR) is 108 cm³/mol. The fourth-order valence-electron chi connectivity index (χ4n) is 2.67. The first kappa shape index (κ1) is 19.5. The van der Waals surface area contributed by atoms with Gasteiger partial charge < -0.3 is 5.32 Å². The van der Waals surface area contributed by atoms with Crippen molar-refractivity contribution in [2.24, 2.45) is 0 Å². The maximum Gasteiger partial charge on any atom is 0.273 e. The summed E-state index contributed by atoms with van der Waals surface area (Å²) in [4.78, 5) is 32.6. The van der Waals surface area contributed by atoms with Crippen LogP contribution in [0.4, 0.5) is 11.4 Å². The second-order valence-electron chi connectivity index (χ2n) is 6.17. The summed E-state index contributed by atoms with van der Waals surface area (Å²) in [5.74, 6) is -0.313. The highest BCUT2D eigenvalue weighted by atomic mass is 32.2. The Hall–Kier alpha value is -3.26. The summed E-state index contributed by atoms with van der Waals surface area (Å²) >= 11 is 1.44. The Morgan fingerprint density at radius 1 is 1.07 bits per heavy atom. The molecule has 28 heavy (non-hydrogen) atoms. The highest BCUT2D eigenvalue weighted by molar-refractivity contribution is 7.99. The number of carbonyl (C=O) groups is 1. The van der Waals surface area contributed by atoms with Gasteiger partial charge in [-0.3, -0.25) is 14.9 Å². The molecule has 3 aromatic rings. The lowest BCUT2D eigenvalue weighted by atomic mass is 10.1. The van der Waals surface area contributed by atoms with Crippen LogP contribution in [-0.4, -0.2) is 20.8 Å². The van der Waals surface area contributed by atoms with Gasteiger partial charge in [-0.1, -0.05) is 18.2 Å². The topological polar surface area (TPSA) is 98.0 Å². The highest BCUT2D eigenvalue weighted by Crippen LogP contribution is 2.26. The van der Waals surface area contributed by atoms with E-state index in [2.05, 4.69) is 15.3 Å². The molecular formula is C20H18N4O3S. The molecule has 0 atom stereocenters. The summed E-state index contributed by atoms with van der Waals surface area (Å²) in [6.45, 7) is 3.85. The van der Waals surface area contributed by atoms with Gasteiger partial charge in [0.2, 0.25) is 5.91 Å². The molecule has 0 bridgehead atoms. The van der Waals surface area contributed by atoms with Crippen molar-refractivity contribution in [3.63, 3.8) is 0 Å². The van der Waals surface area contributed by atoms with Gasteiger partial charge in [0.1, 0.15) is 0 Å². The zero-order valence-corrected chi connectivity index (χ0v) is 16.2. The van der Waals surface area contributed by atoms with Crippen molar-refractivity contribution < 1.29 is 9.72 Å². The minimum absolute atomic E-state index is 0.0576. The number of rotatable bonds is 6. The van der Waals surface area contributed by atoms with Gasteiger partial charge in [0.25, 0.3) is 5.69 Å². The number of aromatic nitrogens is 2. The third kappa shape index (κ3) is 5.14. The second-order valence-corrected chi connectivity index (χ2v) is 7.21. The van der Waals surface area contributed by atoms with Gasteiger partial charge in [0, 0.05) is 33.6 Å². The molecule has 0 aliphatic rings. The van der Waals surface area contributed by atoms with Crippen molar-refractivity contribution in [3.05, 3.63) is 81.7 Å². The van der Waals surface area contributed by atoms with E-state index in [0.29, 0.717) is 16.4 Å². The number of aryl methyl sites for hydroxylation is 2. The minimum atomic E-state index is -0.482. The molecular weight excluding hydrogens is 376 g/mol. The average Bonchev–Trinajstić information content (AvgIpc) is 2.63. The number of anilines is 1. The van der Waals surface area contributed by atoms with Gasteiger partial charge in [0.05, 0.1) is 11.3 Å². The van der Waals surface area contributed by atoms with Crippen molar-refractivity contribution in [2.45, 2.75) is 30.3 Å². The SMILES string of the molecule is Cc1cc(C)nc(Sc2ccc(NC(=O)Cc3ccccc3[N+](=O)[O-])cc2)n1. The molecule has 0 unspecified atom stereocenters. The maximum absolute atomic E-state index is 12.2. The molecule has 0 fully saturated rings. The molecule has 7 nitrogen and oxygen atoms in total. The fraction of sp³-hybridized carbons (Fsp3) is 0.150. The lowest BCUT2D eigenvalue weighted by Gasteiger charge is -2.07. The molecule has 0 aliphatic heterocycles. The van der Waals surface area contributed by atoms with Crippen molar-refractivity contribution in [1.29, 1.82) is 0 Å². The number of para-hydroxylation sites is 1. The van der Waals surface area contributed by atoms with Crippen LogP contribution >= 0.6 is 11.8 Å². The van der Waals surface area contributed by atoms with Gasteiger partial charge in [0.15, 0.2) is 5.16 Å². The monoisotopic (exact) mass is 394 g/mol. The van der Waals surface area contributed by atoms with E-state index in [1.165, 1.54) is 17.8 Å². The fourth-order valence-corrected chi connectivity index (χ4v) is 3.53. The van der Waals surface area contributed by atoms with Gasteiger partial charge in [-0.2, -0.15) is 0 Å². The van der Waals surface area contributed by atoms with E-state index in [1.807, 2.05) is 32.0 Å². The molecule has 1 N–H and O–H groups in total. The maximum atomic E-state index is 12.2. The first-order chi connectivity index (χ1) is 13.4. The normalized spacial score (nSPS) is 10.5. The number of nitrogens with zero attached hydrogens (tertiary/aromatic N) is 3. The standard InChI is InChI=1S/C20H18N4O3S/c1-13-11-14(2)22-20(21-13)28-17-9-7-16(8-10-17)23-19(25)12-15-5-3-4-6-18(15)24(26)27/h3-11H,12H2,1-2H3,(H,23,25). The van der Waals surface area contributed by atoms with E-state index in [0.717, 1.165) is 16.3 Å². The number of benzene rings is 2. The molecule has 1 heterocycles. The Balaban J connectivity index is 1.64. The van der Waals surface area contributed by atoms with Crippen molar-refractivity contribution in [2.75, 3.05) is 5.32 Å². The van der Waals surface area contributed by atoms with Crippen LogP contribution in [0.2, 0.25) is 0 Å². The van der Waals surface area contributed by atoms with Crippen LogP contribution in [0, 0.1) is 24.0 Å². The molecule has 0 spiro atoms. The number of hydrogen-bond donors (Lipinski definition) is 1. The minimum Gasteiger partial charge on any atom is -0.326 e. The van der Waals surface area contributed by atoms with Crippen LogP contribution in [-0.2, 0) is 11.2 Å². The third-order valence-electron chi connectivity index (χ3n) is 3.85. The van der Waals surface area contributed by atoms with Gasteiger partial charge in [-0.15, -0.1) is 0 Å². The molecule has 0 aliphatic carbocycles. The lowest BCUT2D eigenvalue weighted by Crippen LogP contribution is -2.15. The molecule has 0 saturated heterocycles. The molecule has 1 amide bonds. The number of carbonyl (C=O) groups excluding carboxylic acids is 1. The van der Waals surface area contributed by atoms with Crippen LogP contribution in [0.5, 0.6) is 0 Å². The zero-order valence-electron chi connectivity index (χ0n) is 15.4. The quantitative estimate of drug-likeness (QED) is 0.379. The Bertz CT molecular complexity index is 1000.